The lowest BCUT2D eigenvalue weighted by Gasteiger charge is -2.08. The molecule has 0 fully saturated rings. The van der Waals surface area contributed by atoms with E-state index in [4.69, 9.17) is 11.6 Å². The summed E-state index contributed by atoms with van der Waals surface area (Å²) in [7, 11) is 0. The van der Waals surface area contributed by atoms with Crippen molar-refractivity contribution < 1.29 is 27.2 Å². The van der Waals surface area contributed by atoms with Gasteiger partial charge in [0.1, 0.15) is 5.82 Å². The predicted molar refractivity (Wildman–Crippen MR) is 75.0 cm³/mol. The van der Waals surface area contributed by atoms with E-state index in [1.54, 1.807) is 5.32 Å². The largest absolute Gasteiger partial charge is 0.318 e. The molecule has 0 saturated heterocycles. The Kier molecular flexibility index (Phi) is 4.85. The Morgan fingerprint density at radius 3 is 2.09 bits per heavy atom. The van der Waals surface area contributed by atoms with E-state index in [-0.39, 0.29) is 10.7 Å². The summed E-state index contributed by atoms with van der Waals surface area (Å²) in [5.74, 6) is -8.17. The van der Waals surface area contributed by atoms with Crippen molar-refractivity contribution in [2.75, 3.05) is 10.6 Å². The summed E-state index contributed by atoms with van der Waals surface area (Å²) >= 11 is 5.51. The average Bonchev–Trinajstić information content (AvgIpc) is 2.51. The third-order valence-corrected chi connectivity index (χ3v) is 2.96. The molecular formula is C14H7ClF4N2O2. The molecule has 23 heavy (non-hydrogen) atoms. The summed E-state index contributed by atoms with van der Waals surface area (Å²) < 4.78 is 52.1. The monoisotopic (exact) mass is 346 g/mol. The highest BCUT2D eigenvalue weighted by atomic mass is 35.5. The summed E-state index contributed by atoms with van der Waals surface area (Å²) in [5, 5.41) is 3.59. The normalized spacial score (nSPS) is 10.3. The van der Waals surface area contributed by atoms with Crippen LogP contribution in [0.5, 0.6) is 0 Å². The van der Waals surface area contributed by atoms with Crippen LogP contribution >= 0.6 is 11.6 Å². The number of rotatable bonds is 2. The first-order valence-electron chi connectivity index (χ1n) is 6.00. The molecule has 0 heterocycles. The Labute approximate surface area is 132 Å². The second-order valence-electron chi connectivity index (χ2n) is 4.26. The van der Waals surface area contributed by atoms with E-state index < -0.39 is 40.8 Å². The summed E-state index contributed by atoms with van der Waals surface area (Å²) in [4.78, 5) is 23.2. The summed E-state index contributed by atoms with van der Waals surface area (Å²) in [6, 6.07) is 4.51. The fraction of sp³-hybridized carbons (Fsp3) is 0. The van der Waals surface area contributed by atoms with Crippen LogP contribution in [-0.2, 0) is 9.59 Å². The Morgan fingerprint density at radius 1 is 0.826 bits per heavy atom. The molecular weight excluding hydrogens is 340 g/mol. The van der Waals surface area contributed by atoms with Crippen molar-refractivity contribution in [1.82, 2.24) is 0 Å². The molecule has 9 heteroatoms. The maximum atomic E-state index is 13.4. The highest BCUT2D eigenvalue weighted by Gasteiger charge is 2.19. The van der Waals surface area contributed by atoms with Crippen molar-refractivity contribution in [3.8, 4) is 0 Å². The molecule has 2 rings (SSSR count). The maximum Gasteiger partial charge on any atom is 0.314 e. The lowest BCUT2D eigenvalue weighted by atomic mass is 10.2. The Balaban J connectivity index is 2.10. The third kappa shape index (κ3) is 3.78. The molecule has 2 aromatic carbocycles. The van der Waals surface area contributed by atoms with Crippen LogP contribution in [0.2, 0.25) is 5.02 Å². The minimum absolute atomic E-state index is 0.0160. The number of carbonyl (C=O) groups excluding carboxylic acids is 2. The number of benzene rings is 2. The van der Waals surface area contributed by atoms with Gasteiger partial charge in [-0.05, 0) is 30.3 Å². The van der Waals surface area contributed by atoms with Crippen LogP contribution in [0, 0.1) is 23.3 Å². The zero-order chi connectivity index (χ0) is 17.1. The lowest BCUT2D eigenvalue weighted by molar-refractivity contribution is -0.133. The molecule has 0 aromatic heterocycles. The molecule has 0 aliphatic heterocycles. The van der Waals surface area contributed by atoms with Gasteiger partial charge < -0.3 is 10.6 Å². The van der Waals surface area contributed by atoms with E-state index >= 15 is 0 Å². The lowest BCUT2D eigenvalue weighted by Crippen LogP contribution is -2.29. The molecule has 2 N–H and O–H groups in total. The summed E-state index contributed by atoms with van der Waals surface area (Å²) in [6.45, 7) is 0. The molecule has 0 radical (unpaired) electrons. The number of hydrogen-bond donors (Lipinski definition) is 2. The molecule has 2 aromatic rings. The molecule has 0 aliphatic rings. The standard InChI is InChI=1S/C14H7ClF4N2O2/c15-7-5-6(1-2-8(7)16)20-13(22)14(23)21-10-4-3-9(17)11(18)12(10)19/h1-5H,(H,20,22)(H,21,23). The Bertz CT molecular complexity index is 799. The van der Waals surface area contributed by atoms with Crippen molar-refractivity contribution >= 4 is 34.8 Å². The Hall–Kier alpha value is -2.61. The Morgan fingerprint density at radius 2 is 1.43 bits per heavy atom. The van der Waals surface area contributed by atoms with Gasteiger partial charge in [0.05, 0.1) is 10.7 Å². The predicted octanol–water partition coefficient (Wildman–Crippen LogP) is 3.47. The van der Waals surface area contributed by atoms with Crippen molar-refractivity contribution in [1.29, 1.82) is 0 Å². The minimum Gasteiger partial charge on any atom is -0.318 e. The van der Waals surface area contributed by atoms with Crippen molar-refractivity contribution in [3.05, 3.63) is 58.6 Å². The van der Waals surface area contributed by atoms with Gasteiger partial charge in [-0.15, -0.1) is 0 Å². The number of halogens is 5. The van der Waals surface area contributed by atoms with Crippen LogP contribution in [0.25, 0.3) is 0 Å². The molecule has 4 nitrogen and oxygen atoms in total. The van der Waals surface area contributed by atoms with Crippen LogP contribution in [0.4, 0.5) is 28.9 Å². The van der Waals surface area contributed by atoms with Crippen molar-refractivity contribution in [3.63, 3.8) is 0 Å². The summed E-state index contributed by atoms with van der Waals surface area (Å²) in [5.41, 5.74) is -0.691. The number of carbonyl (C=O) groups is 2. The van der Waals surface area contributed by atoms with E-state index in [1.165, 1.54) is 0 Å². The average molecular weight is 347 g/mol. The molecule has 0 bridgehead atoms. The van der Waals surface area contributed by atoms with E-state index in [0.29, 0.717) is 6.07 Å². The topological polar surface area (TPSA) is 58.2 Å². The van der Waals surface area contributed by atoms with Gasteiger partial charge in [0.2, 0.25) is 0 Å². The van der Waals surface area contributed by atoms with Gasteiger partial charge in [-0.3, -0.25) is 9.59 Å². The number of hydrogen-bond acceptors (Lipinski definition) is 2. The highest BCUT2D eigenvalue weighted by Crippen LogP contribution is 2.21. The quantitative estimate of drug-likeness (QED) is 0.497. The van der Waals surface area contributed by atoms with Crippen LogP contribution in [0.1, 0.15) is 0 Å². The van der Waals surface area contributed by atoms with Crippen LogP contribution in [0.15, 0.2) is 30.3 Å². The zero-order valence-corrected chi connectivity index (χ0v) is 11.8. The van der Waals surface area contributed by atoms with Crippen molar-refractivity contribution in [2.45, 2.75) is 0 Å². The van der Waals surface area contributed by atoms with Crippen molar-refractivity contribution in [2.24, 2.45) is 0 Å². The van der Waals surface area contributed by atoms with Gasteiger partial charge in [0.15, 0.2) is 17.5 Å². The maximum absolute atomic E-state index is 13.4. The fourth-order valence-corrected chi connectivity index (χ4v) is 1.74. The summed E-state index contributed by atoms with van der Waals surface area (Å²) in [6.07, 6.45) is 0. The van der Waals surface area contributed by atoms with Gasteiger partial charge in [0, 0.05) is 5.69 Å². The first-order valence-corrected chi connectivity index (χ1v) is 6.38. The van der Waals surface area contributed by atoms with Gasteiger partial charge in [0.25, 0.3) is 0 Å². The fourth-order valence-electron chi connectivity index (χ4n) is 1.56. The van der Waals surface area contributed by atoms with E-state index in [0.717, 1.165) is 24.3 Å². The number of nitrogens with one attached hydrogen (secondary N) is 2. The second-order valence-corrected chi connectivity index (χ2v) is 4.67. The number of amides is 2. The molecule has 0 aliphatic carbocycles. The van der Waals surface area contributed by atoms with Crippen LogP contribution < -0.4 is 10.6 Å². The van der Waals surface area contributed by atoms with Crippen LogP contribution in [-0.4, -0.2) is 11.8 Å². The van der Waals surface area contributed by atoms with E-state index in [1.807, 2.05) is 0 Å². The second kappa shape index (κ2) is 6.66. The molecule has 0 atom stereocenters. The SMILES string of the molecule is O=C(Nc1ccc(F)c(Cl)c1)C(=O)Nc1ccc(F)c(F)c1F. The molecule has 120 valence electrons. The van der Waals surface area contributed by atoms with E-state index in [2.05, 4.69) is 5.32 Å². The molecule has 2 amide bonds. The van der Waals surface area contributed by atoms with E-state index in [9.17, 15) is 27.2 Å². The zero-order valence-electron chi connectivity index (χ0n) is 11.1. The first-order chi connectivity index (χ1) is 10.8. The van der Waals surface area contributed by atoms with Gasteiger partial charge >= 0.3 is 11.8 Å². The third-order valence-electron chi connectivity index (χ3n) is 2.67. The first kappa shape index (κ1) is 16.8. The molecule has 0 spiro atoms. The molecule has 0 unspecified atom stereocenters. The smallest absolute Gasteiger partial charge is 0.314 e. The highest BCUT2D eigenvalue weighted by molar-refractivity contribution is 6.43. The van der Waals surface area contributed by atoms with Gasteiger partial charge in [-0.2, -0.15) is 0 Å². The number of anilines is 2. The minimum atomic E-state index is -1.78. The van der Waals surface area contributed by atoms with Gasteiger partial charge in [-0.25, -0.2) is 17.6 Å². The molecule has 0 saturated carbocycles. The van der Waals surface area contributed by atoms with Gasteiger partial charge in [-0.1, -0.05) is 11.6 Å². The van der Waals surface area contributed by atoms with Crippen LogP contribution in [0.3, 0.4) is 0 Å².